The van der Waals surface area contributed by atoms with Gasteiger partial charge in [0.1, 0.15) is 5.75 Å². The van der Waals surface area contributed by atoms with Gasteiger partial charge in [0.15, 0.2) is 5.75 Å². The number of hydrogen-bond acceptors (Lipinski definition) is 4. The molecule has 2 heterocycles. The number of sulfonamides is 1. The molecule has 0 aliphatic carbocycles. The van der Waals surface area contributed by atoms with Crippen LogP contribution in [0.4, 0.5) is 11.4 Å². The van der Waals surface area contributed by atoms with Crippen molar-refractivity contribution in [3.05, 3.63) is 77.4 Å². The second-order valence-electron chi connectivity index (χ2n) is 7.17. The molecule has 0 atom stereocenters. The van der Waals surface area contributed by atoms with Crippen LogP contribution in [0.5, 0.6) is 11.5 Å². The number of amides is 1. The van der Waals surface area contributed by atoms with Crippen molar-refractivity contribution < 1.29 is 17.9 Å². The third kappa shape index (κ3) is 2.86. The van der Waals surface area contributed by atoms with Gasteiger partial charge >= 0.3 is 0 Å². The lowest BCUT2D eigenvalue weighted by atomic mass is 10.2. The van der Waals surface area contributed by atoms with E-state index in [4.69, 9.17) is 4.74 Å². The van der Waals surface area contributed by atoms with E-state index in [1.54, 1.807) is 18.2 Å². The second kappa shape index (κ2) is 6.35. The van der Waals surface area contributed by atoms with Crippen molar-refractivity contribution in [2.45, 2.75) is 18.2 Å². The Morgan fingerprint density at radius 2 is 1.79 bits per heavy atom. The van der Waals surface area contributed by atoms with Crippen LogP contribution in [-0.2, 0) is 16.4 Å². The SMILES string of the molecule is Cc1ccc2c(c1)NC(=O)c1cc(S(=O)(=O)N3CCc4ccccc43)ccc1O2. The molecule has 7 heteroatoms. The number of ether oxygens (including phenoxy) is 1. The number of fused-ring (bicyclic) bond motifs is 3. The van der Waals surface area contributed by atoms with Crippen molar-refractivity contribution in [2.24, 2.45) is 0 Å². The number of carbonyl (C=O) groups excluding carboxylic acids is 1. The fourth-order valence-corrected chi connectivity index (χ4v) is 5.29. The van der Waals surface area contributed by atoms with E-state index in [0.717, 1.165) is 11.1 Å². The third-order valence-corrected chi connectivity index (χ3v) is 7.04. The zero-order valence-corrected chi connectivity index (χ0v) is 16.5. The summed E-state index contributed by atoms with van der Waals surface area (Å²) in [6.07, 6.45) is 0.665. The largest absolute Gasteiger partial charge is 0.454 e. The summed E-state index contributed by atoms with van der Waals surface area (Å²) in [7, 11) is -3.80. The Morgan fingerprint density at radius 1 is 1.00 bits per heavy atom. The van der Waals surface area contributed by atoms with Crippen LogP contribution in [0.25, 0.3) is 0 Å². The van der Waals surface area contributed by atoms with Gasteiger partial charge in [0.25, 0.3) is 15.9 Å². The minimum Gasteiger partial charge on any atom is -0.454 e. The smallest absolute Gasteiger partial charge is 0.264 e. The average Bonchev–Trinajstić information content (AvgIpc) is 3.09. The molecule has 6 nitrogen and oxygen atoms in total. The van der Waals surface area contributed by atoms with Crippen LogP contribution >= 0.6 is 0 Å². The van der Waals surface area contributed by atoms with Gasteiger partial charge in [-0.2, -0.15) is 0 Å². The normalized spacial score (nSPS) is 14.9. The molecule has 3 aromatic rings. The maximum Gasteiger partial charge on any atom is 0.264 e. The van der Waals surface area contributed by atoms with Gasteiger partial charge in [0, 0.05) is 6.54 Å². The Labute approximate surface area is 168 Å². The summed E-state index contributed by atoms with van der Waals surface area (Å²) in [5.41, 5.74) is 3.41. The molecule has 0 radical (unpaired) electrons. The van der Waals surface area contributed by atoms with Gasteiger partial charge in [-0.25, -0.2) is 8.42 Å². The Morgan fingerprint density at radius 3 is 2.66 bits per heavy atom. The highest BCUT2D eigenvalue weighted by Crippen LogP contribution is 2.38. The molecular formula is C22H18N2O4S. The van der Waals surface area contributed by atoms with Crippen molar-refractivity contribution in [3.8, 4) is 11.5 Å². The molecule has 2 aliphatic heterocycles. The van der Waals surface area contributed by atoms with E-state index < -0.39 is 15.9 Å². The van der Waals surface area contributed by atoms with Gasteiger partial charge in [0.05, 0.1) is 21.8 Å². The molecule has 0 saturated carbocycles. The molecule has 1 amide bonds. The standard InChI is InChI=1S/C22H18N2O4S/c1-14-6-8-21-18(12-14)23-22(25)17-13-16(7-9-20(17)28-21)29(26,27)24-11-10-15-4-2-3-5-19(15)24/h2-9,12-13H,10-11H2,1H3,(H,23,25). The van der Waals surface area contributed by atoms with Gasteiger partial charge in [-0.15, -0.1) is 0 Å². The van der Waals surface area contributed by atoms with Crippen LogP contribution in [0.3, 0.4) is 0 Å². The number of rotatable bonds is 2. The van der Waals surface area contributed by atoms with Gasteiger partial charge in [-0.3, -0.25) is 9.10 Å². The Hall–Kier alpha value is -3.32. The summed E-state index contributed by atoms with van der Waals surface area (Å²) in [5, 5.41) is 2.81. The first-order valence-electron chi connectivity index (χ1n) is 9.28. The molecule has 146 valence electrons. The Kier molecular flexibility index (Phi) is 3.89. The number of para-hydroxylation sites is 1. The number of benzene rings is 3. The summed E-state index contributed by atoms with van der Waals surface area (Å²) >= 11 is 0. The van der Waals surface area contributed by atoms with E-state index in [-0.39, 0.29) is 10.5 Å². The highest BCUT2D eigenvalue weighted by atomic mass is 32.2. The van der Waals surface area contributed by atoms with Crippen LogP contribution in [0, 0.1) is 6.92 Å². The van der Waals surface area contributed by atoms with Crippen molar-refractivity contribution in [1.82, 2.24) is 0 Å². The fourth-order valence-electron chi connectivity index (χ4n) is 3.76. The predicted octanol–water partition coefficient (Wildman–Crippen LogP) is 4.10. The number of anilines is 2. The number of hydrogen-bond donors (Lipinski definition) is 1. The molecule has 0 spiro atoms. The summed E-state index contributed by atoms with van der Waals surface area (Å²) < 4.78 is 33.9. The lowest BCUT2D eigenvalue weighted by Gasteiger charge is -2.20. The zero-order chi connectivity index (χ0) is 20.2. The van der Waals surface area contributed by atoms with Crippen molar-refractivity contribution in [3.63, 3.8) is 0 Å². The van der Waals surface area contributed by atoms with Crippen LogP contribution in [0.1, 0.15) is 21.5 Å². The van der Waals surface area contributed by atoms with Crippen LogP contribution in [0.2, 0.25) is 0 Å². The molecule has 2 aliphatic rings. The van der Waals surface area contributed by atoms with E-state index in [2.05, 4.69) is 5.32 Å². The lowest BCUT2D eigenvalue weighted by Crippen LogP contribution is -2.29. The van der Waals surface area contributed by atoms with Gasteiger partial charge in [-0.05, 0) is 60.9 Å². The molecular weight excluding hydrogens is 388 g/mol. The molecule has 1 N–H and O–H groups in total. The lowest BCUT2D eigenvalue weighted by molar-refractivity contribution is 0.102. The van der Waals surface area contributed by atoms with E-state index in [0.29, 0.717) is 35.8 Å². The maximum absolute atomic E-state index is 13.3. The van der Waals surface area contributed by atoms with Crippen molar-refractivity contribution >= 4 is 27.3 Å². The monoisotopic (exact) mass is 406 g/mol. The summed E-state index contributed by atoms with van der Waals surface area (Å²) in [6.45, 7) is 2.30. The predicted molar refractivity (Wildman–Crippen MR) is 110 cm³/mol. The first-order valence-corrected chi connectivity index (χ1v) is 10.7. The molecule has 0 unspecified atom stereocenters. The van der Waals surface area contributed by atoms with Gasteiger partial charge < -0.3 is 10.1 Å². The average molecular weight is 406 g/mol. The number of nitrogens with zero attached hydrogens (tertiary/aromatic N) is 1. The minimum absolute atomic E-state index is 0.0637. The molecule has 0 saturated heterocycles. The Balaban J connectivity index is 1.56. The summed E-state index contributed by atoms with van der Waals surface area (Å²) in [4.78, 5) is 12.8. The van der Waals surface area contributed by atoms with Gasteiger partial charge in [0.2, 0.25) is 0 Å². The van der Waals surface area contributed by atoms with Crippen LogP contribution in [-0.4, -0.2) is 20.9 Å². The highest BCUT2D eigenvalue weighted by molar-refractivity contribution is 7.92. The maximum atomic E-state index is 13.3. The first kappa shape index (κ1) is 17.8. The molecule has 5 rings (SSSR count). The molecule has 29 heavy (non-hydrogen) atoms. The fraction of sp³-hybridized carbons (Fsp3) is 0.136. The van der Waals surface area contributed by atoms with Crippen LogP contribution in [0.15, 0.2) is 65.6 Å². The highest BCUT2D eigenvalue weighted by Gasteiger charge is 2.32. The number of carbonyl (C=O) groups is 1. The summed E-state index contributed by atoms with van der Waals surface area (Å²) in [6, 6.07) is 17.4. The first-order chi connectivity index (χ1) is 13.9. The number of nitrogens with one attached hydrogen (secondary N) is 1. The van der Waals surface area contributed by atoms with E-state index >= 15 is 0 Å². The van der Waals surface area contributed by atoms with E-state index in [1.165, 1.54) is 16.4 Å². The second-order valence-corrected chi connectivity index (χ2v) is 9.03. The number of aryl methyl sites for hydroxylation is 1. The van der Waals surface area contributed by atoms with Crippen molar-refractivity contribution in [2.75, 3.05) is 16.2 Å². The molecule has 0 aromatic heterocycles. The van der Waals surface area contributed by atoms with Gasteiger partial charge in [-0.1, -0.05) is 24.3 Å². The van der Waals surface area contributed by atoms with E-state index in [9.17, 15) is 13.2 Å². The zero-order valence-electron chi connectivity index (χ0n) is 15.7. The van der Waals surface area contributed by atoms with Crippen LogP contribution < -0.4 is 14.4 Å². The minimum atomic E-state index is -3.80. The summed E-state index contributed by atoms with van der Waals surface area (Å²) in [5.74, 6) is 0.445. The molecule has 3 aromatic carbocycles. The van der Waals surface area contributed by atoms with Crippen molar-refractivity contribution in [1.29, 1.82) is 0 Å². The van der Waals surface area contributed by atoms with E-state index in [1.807, 2.05) is 37.3 Å². The molecule has 0 fully saturated rings. The quantitative estimate of drug-likeness (QED) is 0.695. The molecule has 0 bridgehead atoms. The third-order valence-electron chi connectivity index (χ3n) is 5.23. The Bertz CT molecular complexity index is 1270. The topological polar surface area (TPSA) is 75.7 Å².